The number of hydrogen-bond donors (Lipinski definition) is 1. The number of nitrogens with zero attached hydrogens (tertiary/aromatic N) is 1. The van der Waals surface area contributed by atoms with Crippen LogP contribution in [0.3, 0.4) is 0 Å². The molecule has 1 amide bonds. The number of hydrogen-bond acceptors (Lipinski definition) is 2. The van der Waals surface area contributed by atoms with Crippen molar-refractivity contribution in [2.24, 2.45) is 11.8 Å². The highest BCUT2D eigenvalue weighted by Gasteiger charge is 2.33. The minimum absolute atomic E-state index is 0.0672. The Morgan fingerprint density at radius 1 is 1.37 bits per heavy atom. The van der Waals surface area contributed by atoms with E-state index in [0.29, 0.717) is 5.92 Å². The van der Waals surface area contributed by atoms with E-state index in [4.69, 9.17) is 11.6 Å². The average Bonchev–Trinajstić information content (AvgIpc) is 2.83. The second kappa shape index (κ2) is 5.93. The summed E-state index contributed by atoms with van der Waals surface area (Å²) < 4.78 is 0. The normalized spacial score (nSPS) is 24.2. The van der Waals surface area contributed by atoms with Crippen molar-refractivity contribution in [1.82, 2.24) is 10.2 Å². The molecule has 2 rings (SSSR count). The fourth-order valence-corrected chi connectivity index (χ4v) is 2.68. The van der Waals surface area contributed by atoms with Crippen molar-refractivity contribution in [2.45, 2.75) is 19.9 Å². The summed E-state index contributed by atoms with van der Waals surface area (Å²) in [5.74, 6) is 0.729. The molecule has 104 valence electrons. The number of carbonyl (C=O) groups excluding carboxylic acids is 1. The second-order valence-corrected chi connectivity index (χ2v) is 5.86. The van der Waals surface area contributed by atoms with E-state index in [1.807, 2.05) is 43.1 Å². The SMILES string of the molecule is CC1CNCC1C(=O)N(C)C(C)c1ccc(Cl)cc1. The first-order chi connectivity index (χ1) is 9.00. The molecule has 19 heavy (non-hydrogen) atoms. The third-order valence-electron chi connectivity index (χ3n) is 4.12. The van der Waals surface area contributed by atoms with E-state index < -0.39 is 0 Å². The lowest BCUT2D eigenvalue weighted by atomic mass is 9.95. The van der Waals surface area contributed by atoms with E-state index in [-0.39, 0.29) is 17.9 Å². The van der Waals surface area contributed by atoms with Gasteiger partial charge in [0.2, 0.25) is 5.91 Å². The van der Waals surface area contributed by atoms with E-state index in [2.05, 4.69) is 12.2 Å². The van der Waals surface area contributed by atoms with Gasteiger partial charge in [0.1, 0.15) is 0 Å². The topological polar surface area (TPSA) is 32.3 Å². The van der Waals surface area contributed by atoms with E-state index in [1.54, 1.807) is 0 Å². The zero-order valence-corrected chi connectivity index (χ0v) is 12.4. The zero-order valence-electron chi connectivity index (χ0n) is 11.7. The lowest BCUT2D eigenvalue weighted by molar-refractivity contribution is -0.136. The van der Waals surface area contributed by atoms with Crippen molar-refractivity contribution in [1.29, 1.82) is 0 Å². The van der Waals surface area contributed by atoms with Crippen LogP contribution in [-0.4, -0.2) is 30.9 Å². The number of carbonyl (C=O) groups is 1. The molecule has 1 aromatic rings. The molecular formula is C15H21ClN2O. The molecule has 1 saturated heterocycles. The Hall–Kier alpha value is -1.06. The van der Waals surface area contributed by atoms with Crippen molar-refractivity contribution >= 4 is 17.5 Å². The van der Waals surface area contributed by atoms with Gasteiger partial charge in [0.05, 0.1) is 12.0 Å². The van der Waals surface area contributed by atoms with Gasteiger partial charge >= 0.3 is 0 Å². The Bertz CT molecular complexity index is 446. The van der Waals surface area contributed by atoms with E-state index in [9.17, 15) is 4.79 Å². The molecule has 1 aliphatic rings. The van der Waals surface area contributed by atoms with Gasteiger partial charge in [-0.05, 0) is 37.1 Å². The Morgan fingerprint density at radius 2 is 2.00 bits per heavy atom. The molecule has 1 aromatic carbocycles. The fraction of sp³-hybridized carbons (Fsp3) is 0.533. The zero-order chi connectivity index (χ0) is 14.0. The lowest BCUT2D eigenvalue weighted by Gasteiger charge is -2.29. The summed E-state index contributed by atoms with van der Waals surface area (Å²) in [7, 11) is 1.88. The van der Waals surface area contributed by atoms with Crippen molar-refractivity contribution < 1.29 is 4.79 Å². The van der Waals surface area contributed by atoms with Gasteiger partial charge in [0, 0.05) is 18.6 Å². The Morgan fingerprint density at radius 3 is 2.53 bits per heavy atom. The monoisotopic (exact) mass is 280 g/mol. The predicted octanol–water partition coefficient (Wildman–Crippen LogP) is 2.71. The molecule has 0 saturated carbocycles. The molecule has 3 nitrogen and oxygen atoms in total. The van der Waals surface area contributed by atoms with Crippen LogP contribution in [-0.2, 0) is 4.79 Å². The fourth-order valence-electron chi connectivity index (χ4n) is 2.56. The molecular weight excluding hydrogens is 260 g/mol. The van der Waals surface area contributed by atoms with Crippen molar-refractivity contribution in [3.63, 3.8) is 0 Å². The van der Waals surface area contributed by atoms with Gasteiger partial charge in [-0.3, -0.25) is 4.79 Å². The highest BCUT2D eigenvalue weighted by Crippen LogP contribution is 2.25. The first kappa shape index (κ1) is 14.4. The third kappa shape index (κ3) is 3.10. The van der Waals surface area contributed by atoms with E-state index >= 15 is 0 Å². The van der Waals surface area contributed by atoms with Gasteiger partial charge < -0.3 is 10.2 Å². The molecule has 1 fully saturated rings. The molecule has 3 unspecified atom stereocenters. The van der Waals surface area contributed by atoms with Crippen LogP contribution < -0.4 is 5.32 Å². The number of halogens is 1. The first-order valence-electron chi connectivity index (χ1n) is 6.73. The molecule has 3 atom stereocenters. The quantitative estimate of drug-likeness (QED) is 0.923. The highest BCUT2D eigenvalue weighted by molar-refractivity contribution is 6.30. The second-order valence-electron chi connectivity index (χ2n) is 5.42. The molecule has 1 heterocycles. The molecule has 0 bridgehead atoms. The summed E-state index contributed by atoms with van der Waals surface area (Å²) in [6.45, 7) is 5.90. The van der Waals surface area contributed by atoms with Crippen LogP contribution in [0.5, 0.6) is 0 Å². The van der Waals surface area contributed by atoms with E-state index in [1.165, 1.54) is 0 Å². The van der Waals surface area contributed by atoms with Crippen molar-refractivity contribution in [2.75, 3.05) is 20.1 Å². The number of amides is 1. The smallest absolute Gasteiger partial charge is 0.227 e. The van der Waals surface area contributed by atoms with Gasteiger partial charge in [-0.25, -0.2) is 0 Å². The van der Waals surface area contributed by atoms with Gasteiger partial charge in [-0.2, -0.15) is 0 Å². The molecule has 1 N–H and O–H groups in total. The van der Waals surface area contributed by atoms with Gasteiger partial charge in [0.15, 0.2) is 0 Å². The maximum absolute atomic E-state index is 12.5. The van der Waals surface area contributed by atoms with Crippen LogP contribution in [0.15, 0.2) is 24.3 Å². The third-order valence-corrected chi connectivity index (χ3v) is 4.37. The van der Waals surface area contributed by atoms with Gasteiger partial charge in [-0.15, -0.1) is 0 Å². The Kier molecular flexibility index (Phi) is 4.48. The molecule has 4 heteroatoms. The van der Waals surface area contributed by atoms with Crippen molar-refractivity contribution in [3.8, 4) is 0 Å². The van der Waals surface area contributed by atoms with Crippen LogP contribution in [0.2, 0.25) is 5.02 Å². The summed E-state index contributed by atoms with van der Waals surface area (Å²) in [6.07, 6.45) is 0. The van der Waals surface area contributed by atoms with Gasteiger partial charge in [-0.1, -0.05) is 30.7 Å². The Balaban J connectivity index is 2.08. The summed E-state index contributed by atoms with van der Waals surface area (Å²) in [5, 5.41) is 4.00. The summed E-state index contributed by atoms with van der Waals surface area (Å²) in [4.78, 5) is 14.3. The number of benzene rings is 1. The van der Waals surface area contributed by atoms with Crippen molar-refractivity contribution in [3.05, 3.63) is 34.9 Å². The maximum atomic E-state index is 12.5. The summed E-state index contributed by atoms with van der Waals surface area (Å²) >= 11 is 5.89. The first-order valence-corrected chi connectivity index (χ1v) is 7.11. The molecule has 0 aliphatic carbocycles. The number of rotatable bonds is 3. The summed E-state index contributed by atoms with van der Waals surface area (Å²) in [6, 6.07) is 7.76. The standard InChI is InChI=1S/C15H21ClN2O/c1-10-8-17-9-14(10)15(19)18(3)11(2)12-4-6-13(16)7-5-12/h4-7,10-11,14,17H,8-9H2,1-3H3. The minimum Gasteiger partial charge on any atom is -0.339 e. The van der Waals surface area contributed by atoms with E-state index in [0.717, 1.165) is 23.7 Å². The minimum atomic E-state index is 0.0672. The maximum Gasteiger partial charge on any atom is 0.227 e. The van der Waals surface area contributed by atoms with Crippen LogP contribution in [0.1, 0.15) is 25.5 Å². The largest absolute Gasteiger partial charge is 0.339 e. The molecule has 1 aliphatic heterocycles. The average molecular weight is 281 g/mol. The predicted molar refractivity (Wildman–Crippen MR) is 78.2 cm³/mol. The van der Waals surface area contributed by atoms with Crippen LogP contribution in [0.25, 0.3) is 0 Å². The van der Waals surface area contributed by atoms with Crippen LogP contribution in [0, 0.1) is 11.8 Å². The Labute approximate surface area is 119 Å². The van der Waals surface area contributed by atoms with Crippen LogP contribution in [0.4, 0.5) is 0 Å². The van der Waals surface area contributed by atoms with Gasteiger partial charge in [0.25, 0.3) is 0 Å². The number of nitrogens with one attached hydrogen (secondary N) is 1. The summed E-state index contributed by atoms with van der Waals surface area (Å²) in [5.41, 5.74) is 1.11. The highest BCUT2D eigenvalue weighted by atomic mass is 35.5. The molecule has 0 aromatic heterocycles. The lowest BCUT2D eigenvalue weighted by Crippen LogP contribution is -2.37. The molecule has 0 spiro atoms. The van der Waals surface area contributed by atoms with Crippen LogP contribution >= 0.6 is 11.6 Å². The molecule has 0 radical (unpaired) electrons.